The van der Waals surface area contributed by atoms with Gasteiger partial charge in [-0.2, -0.15) is 0 Å². The Labute approximate surface area is 128 Å². The third-order valence-electron chi connectivity index (χ3n) is 3.01. The number of ether oxygens (including phenoxy) is 2. The minimum absolute atomic E-state index is 0.276. The van der Waals surface area contributed by atoms with Crippen molar-refractivity contribution in [3.8, 4) is 5.75 Å². The summed E-state index contributed by atoms with van der Waals surface area (Å²) < 4.78 is 10.4. The van der Waals surface area contributed by atoms with Gasteiger partial charge in [0.05, 0.1) is 13.7 Å². The van der Waals surface area contributed by atoms with Gasteiger partial charge < -0.3 is 9.47 Å². The smallest absolute Gasteiger partial charge is 0.327 e. The molecule has 4 nitrogen and oxygen atoms in total. The Hall–Kier alpha value is -1.85. The van der Waals surface area contributed by atoms with Crippen molar-refractivity contribution in [2.45, 2.75) is 19.5 Å². The summed E-state index contributed by atoms with van der Waals surface area (Å²) in [6.07, 6.45) is 0. The molecule has 112 valence electrons. The number of rotatable bonds is 7. The first-order valence-corrected chi connectivity index (χ1v) is 7.69. The van der Waals surface area contributed by atoms with Gasteiger partial charge in [-0.25, -0.2) is 4.79 Å². The zero-order valence-electron chi connectivity index (χ0n) is 12.2. The quantitative estimate of drug-likeness (QED) is 0.798. The van der Waals surface area contributed by atoms with Crippen molar-refractivity contribution in [3.63, 3.8) is 0 Å². The Bertz CT molecular complexity index is 569. The molecule has 0 bridgehead atoms. The normalized spacial score (nSPS) is 11.9. The Morgan fingerprint density at radius 1 is 1.33 bits per heavy atom. The van der Waals surface area contributed by atoms with Crippen LogP contribution in [0.4, 0.5) is 0 Å². The van der Waals surface area contributed by atoms with Crippen molar-refractivity contribution < 1.29 is 14.3 Å². The van der Waals surface area contributed by atoms with E-state index < -0.39 is 6.04 Å². The summed E-state index contributed by atoms with van der Waals surface area (Å²) in [6.45, 7) is 2.79. The fraction of sp³-hybridized carbons (Fsp3) is 0.312. The summed E-state index contributed by atoms with van der Waals surface area (Å²) in [5, 5.41) is 5.27. The van der Waals surface area contributed by atoms with Crippen LogP contribution < -0.4 is 10.1 Å². The van der Waals surface area contributed by atoms with Crippen LogP contribution in [0.15, 0.2) is 41.8 Å². The van der Waals surface area contributed by atoms with Gasteiger partial charge in [-0.05, 0) is 36.1 Å². The predicted octanol–water partition coefficient (Wildman–Crippen LogP) is 3.15. The molecule has 1 heterocycles. The zero-order valence-corrected chi connectivity index (χ0v) is 13.0. The molecule has 0 aliphatic rings. The molecule has 0 radical (unpaired) electrons. The maximum atomic E-state index is 12.2. The molecule has 1 aromatic heterocycles. The van der Waals surface area contributed by atoms with E-state index in [2.05, 4.69) is 5.32 Å². The molecule has 1 unspecified atom stereocenters. The van der Waals surface area contributed by atoms with Crippen LogP contribution >= 0.6 is 11.3 Å². The molecular formula is C16H19NO3S. The van der Waals surface area contributed by atoms with E-state index >= 15 is 0 Å². The lowest BCUT2D eigenvalue weighted by atomic mass is 10.1. The van der Waals surface area contributed by atoms with E-state index in [4.69, 9.17) is 9.47 Å². The minimum atomic E-state index is -0.498. The number of esters is 1. The average molecular weight is 305 g/mol. The molecule has 0 fully saturated rings. The Morgan fingerprint density at radius 2 is 2.19 bits per heavy atom. The van der Waals surface area contributed by atoms with Crippen LogP contribution in [-0.2, 0) is 16.1 Å². The number of hydrogen-bond donors (Lipinski definition) is 1. The largest absolute Gasteiger partial charge is 0.497 e. The van der Waals surface area contributed by atoms with Gasteiger partial charge in [0.2, 0.25) is 0 Å². The number of nitrogens with one attached hydrogen (secondary N) is 1. The number of methoxy groups -OCH3 is 1. The van der Waals surface area contributed by atoms with Crippen molar-refractivity contribution in [2.75, 3.05) is 13.7 Å². The SMILES string of the molecule is CCOC(=O)C(NCc1cccs1)c1cccc(OC)c1. The second kappa shape index (κ2) is 7.81. The number of benzene rings is 1. The van der Waals surface area contributed by atoms with E-state index in [1.165, 1.54) is 4.88 Å². The monoisotopic (exact) mass is 305 g/mol. The topological polar surface area (TPSA) is 47.6 Å². The van der Waals surface area contributed by atoms with Crippen LogP contribution in [0.3, 0.4) is 0 Å². The highest BCUT2D eigenvalue weighted by molar-refractivity contribution is 7.09. The van der Waals surface area contributed by atoms with Crippen molar-refractivity contribution in [1.82, 2.24) is 5.32 Å². The highest BCUT2D eigenvalue weighted by Gasteiger charge is 2.22. The third-order valence-corrected chi connectivity index (χ3v) is 3.89. The third kappa shape index (κ3) is 4.31. The van der Waals surface area contributed by atoms with Gasteiger partial charge >= 0.3 is 5.97 Å². The van der Waals surface area contributed by atoms with E-state index in [1.807, 2.05) is 41.8 Å². The zero-order chi connectivity index (χ0) is 15.1. The lowest BCUT2D eigenvalue weighted by Crippen LogP contribution is -2.29. The van der Waals surface area contributed by atoms with Crippen molar-refractivity contribution >= 4 is 17.3 Å². The molecule has 0 aliphatic heterocycles. The predicted molar refractivity (Wildman–Crippen MR) is 83.5 cm³/mol. The van der Waals surface area contributed by atoms with E-state index in [1.54, 1.807) is 25.4 Å². The minimum Gasteiger partial charge on any atom is -0.497 e. The number of hydrogen-bond acceptors (Lipinski definition) is 5. The number of carbonyl (C=O) groups is 1. The Balaban J connectivity index is 2.16. The molecule has 0 saturated carbocycles. The van der Waals surface area contributed by atoms with Crippen LogP contribution in [0.25, 0.3) is 0 Å². The molecule has 1 aromatic carbocycles. The summed E-state index contributed by atoms with van der Waals surface area (Å²) >= 11 is 1.65. The molecule has 0 saturated heterocycles. The fourth-order valence-electron chi connectivity index (χ4n) is 2.00. The first kappa shape index (κ1) is 15.5. The second-order valence-corrected chi connectivity index (χ2v) is 5.45. The standard InChI is InChI=1S/C16H19NO3S/c1-3-20-16(18)15(17-11-14-8-5-9-21-14)12-6-4-7-13(10-12)19-2/h4-10,15,17H,3,11H2,1-2H3. The van der Waals surface area contributed by atoms with Crippen LogP contribution in [-0.4, -0.2) is 19.7 Å². The maximum absolute atomic E-state index is 12.2. The summed E-state index contributed by atoms with van der Waals surface area (Å²) in [5.41, 5.74) is 0.837. The highest BCUT2D eigenvalue weighted by Crippen LogP contribution is 2.21. The first-order chi connectivity index (χ1) is 10.2. The number of thiophene rings is 1. The van der Waals surface area contributed by atoms with Gasteiger partial charge in [0.1, 0.15) is 11.8 Å². The van der Waals surface area contributed by atoms with Crippen molar-refractivity contribution in [1.29, 1.82) is 0 Å². The van der Waals surface area contributed by atoms with Crippen LogP contribution in [0.2, 0.25) is 0 Å². The van der Waals surface area contributed by atoms with Gasteiger partial charge in [0.25, 0.3) is 0 Å². The first-order valence-electron chi connectivity index (χ1n) is 6.81. The molecule has 5 heteroatoms. The fourth-order valence-corrected chi connectivity index (χ4v) is 2.66. The van der Waals surface area contributed by atoms with Gasteiger partial charge in [-0.15, -0.1) is 11.3 Å². The number of carbonyl (C=O) groups excluding carboxylic acids is 1. The molecule has 21 heavy (non-hydrogen) atoms. The lowest BCUT2D eigenvalue weighted by molar-refractivity contribution is -0.145. The van der Waals surface area contributed by atoms with Crippen molar-refractivity contribution in [2.24, 2.45) is 0 Å². The summed E-state index contributed by atoms with van der Waals surface area (Å²) in [4.78, 5) is 13.4. The van der Waals surface area contributed by atoms with Crippen LogP contribution in [0, 0.1) is 0 Å². The van der Waals surface area contributed by atoms with Gasteiger partial charge in [0.15, 0.2) is 0 Å². The molecule has 2 aromatic rings. The molecule has 2 rings (SSSR count). The van der Waals surface area contributed by atoms with Crippen LogP contribution in [0.5, 0.6) is 5.75 Å². The van der Waals surface area contributed by atoms with E-state index in [0.717, 1.165) is 11.3 Å². The Morgan fingerprint density at radius 3 is 2.86 bits per heavy atom. The second-order valence-electron chi connectivity index (χ2n) is 4.42. The molecule has 0 amide bonds. The molecule has 0 aliphatic carbocycles. The Kier molecular flexibility index (Phi) is 5.78. The molecule has 0 spiro atoms. The van der Waals surface area contributed by atoms with Gasteiger partial charge in [-0.1, -0.05) is 18.2 Å². The highest BCUT2D eigenvalue weighted by atomic mass is 32.1. The molecule has 1 atom stereocenters. The molecular weight excluding hydrogens is 286 g/mol. The van der Waals surface area contributed by atoms with E-state index in [0.29, 0.717) is 13.2 Å². The summed E-state index contributed by atoms with van der Waals surface area (Å²) in [6, 6.07) is 11.0. The summed E-state index contributed by atoms with van der Waals surface area (Å²) in [7, 11) is 1.61. The average Bonchev–Trinajstić information content (AvgIpc) is 3.01. The van der Waals surface area contributed by atoms with E-state index in [-0.39, 0.29) is 5.97 Å². The van der Waals surface area contributed by atoms with Gasteiger partial charge in [0, 0.05) is 11.4 Å². The van der Waals surface area contributed by atoms with E-state index in [9.17, 15) is 4.79 Å². The summed E-state index contributed by atoms with van der Waals surface area (Å²) in [5.74, 6) is 0.446. The maximum Gasteiger partial charge on any atom is 0.327 e. The molecule has 1 N–H and O–H groups in total. The van der Waals surface area contributed by atoms with Crippen molar-refractivity contribution in [3.05, 3.63) is 52.2 Å². The lowest BCUT2D eigenvalue weighted by Gasteiger charge is -2.18. The van der Waals surface area contributed by atoms with Crippen LogP contribution in [0.1, 0.15) is 23.4 Å². The van der Waals surface area contributed by atoms with Gasteiger partial charge in [-0.3, -0.25) is 5.32 Å².